The second kappa shape index (κ2) is 8.18. The second-order valence-electron chi connectivity index (χ2n) is 10.2. The summed E-state index contributed by atoms with van der Waals surface area (Å²) in [6.45, 7) is 1.51. The van der Waals surface area contributed by atoms with Crippen molar-refractivity contribution in [1.29, 1.82) is 0 Å². The molecule has 180 valence electrons. The average molecular weight is 459 g/mol. The number of anilines is 1. The summed E-state index contributed by atoms with van der Waals surface area (Å²) in [7, 11) is 3.81. The third-order valence-electron chi connectivity index (χ3n) is 8.66. The third-order valence-corrected chi connectivity index (χ3v) is 8.66. The molecular formula is C24H34N4O5. The number of hydrogen-bond acceptors (Lipinski definition) is 8. The van der Waals surface area contributed by atoms with Gasteiger partial charge in [0, 0.05) is 36.2 Å². The van der Waals surface area contributed by atoms with E-state index < -0.39 is 12.1 Å². The molecule has 1 amide bonds. The number of aliphatic hydroxyl groups is 2. The average Bonchev–Trinajstić information content (AvgIpc) is 3.36. The van der Waals surface area contributed by atoms with Crippen LogP contribution in [0.4, 0.5) is 5.69 Å². The van der Waals surface area contributed by atoms with Crippen LogP contribution >= 0.6 is 0 Å². The lowest BCUT2D eigenvalue weighted by atomic mass is 9.81. The number of benzene rings is 1. The predicted octanol–water partition coefficient (Wildman–Crippen LogP) is 0.0655. The zero-order valence-electron chi connectivity index (χ0n) is 19.2. The van der Waals surface area contributed by atoms with Gasteiger partial charge in [0.1, 0.15) is 18.0 Å². The van der Waals surface area contributed by atoms with Gasteiger partial charge in [-0.3, -0.25) is 14.6 Å². The number of carbonyl (C=O) groups excluding carboxylic acids is 1. The van der Waals surface area contributed by atoms with Crippen LogP contribution in [0.2, 0.25) is 0 Å². The van der Waals surface area contributed by atoms with E-state index in [9.17, 15) is 15.0 Å². The van der Waals surface area contributed by atoms with E-state index in [4.69, 9.17) is 9.47 Å². The molecule has 0 aliphatic carbocycles. The maximum atomic E-state index is 12.9. The molecule has 8 unspecified atom stereocenters. The summed E-state index contributed by atoms with van der Waals surface area (Å²) in [4.78, 5) is 17.9. The SMILES string of the molecule is COc1c(NC(=O)C2NCCCC2O)ccc2c1C1COC3C4CC(CO)C(C(C2)N13)N4C. The lowest BCUT2D eigenvalue weighted by Gasteiger charge is -2.51. The number of piperidine rings is 1. The van der Waals surface area contributed by atoms with Crippen molar-refractivity contribution in [2.24, 2.45) is 5.92 Å². The molecule has 0 aromatic heterocycles. The van der Waals surface area contributed by atoms with Gasteiger partial charge in [0.15, 0.2) is 0 Å². The number of fused-ring (bicyclic) bond motifs is 6. The first-order valence-corrected chi connectivity index (χ1v) is 12.2. The van der Waals surface area contributed by atoms with Crippen molar-refractivity contribution in [3.63, 3.8) is 0 Å². The smallest absolute Gasteiger partial charge is 0.244 e. The molecule has 33 heavy (non-hydrogen) atoms. The van der Waals surface area contributed by atoms with Crippen LogP contribution in [-0.4, -0.2) is 96.3 Å². The quantitative estimate of drug-likeness (QED) is 0.502. The molecule has 2 bridgehead atoms. The van der Waals surface area contributed by atoms with E-state index in [1.807, 2.05) is 6.07 Å². The highest BCUT2D eigenvalue weighted by Gasteiger charge is 2.60. The molecule has 5 heterocycles. The molecule has 4 fully saturated rings. The van der Waals surface area contributed by atoms with E-state index in [0.29, 0.717) is 30.5 Å². The Morgan fingerprint density at radius 2 is 2.21 bits per heavy atom. The van der Waals surface area contributed by atoms with Gasteiger partial charge in [0.25, 0.3) is 0 Å². The number of carbonyl (C=O) groups is 1. The number of nitrogens with zero attached hydrogens (tertiary/aromatic N) is 2. The van der Waals surface area contributed by atoms with Gasteiger partial charge in [0.05, 0.1) is 31.5 Å². The van der Waals surface area contributed by atoms with Crippen LogP contribution in [0.1, 0.15) is 36.4 Å². The topological polar surface area (TPSA) is 107 Å². The van der Waals surface area contributed by atoms with Crippen LogP contribution in [0.15, 0.2) is 12.1 Å². The zero-order valence-corrected chi connectivity index (χ0v) is 19.2. The highest BCUT2D eigenvalue weighted by molar-refractivity contribution is 5.97. The van der Waals surface area contributed by atoms with Crippen LogP contribution in [0.3, 0.4) is 0 Å². The monoisotopic (exact) mass is 458 g/mol. The van der Waals surface area contributed by atoms with Crippen LogP contribution < -0.4 is 15.4 Å². The number of piperazine rings is 1. The molecule has 0 spiro atoms. The molecule has 5 aliphatic heterocycles. The van der Waals surface area contributed by atoms with Gasteiger partial charge in [-0.1, -0.05) is 6.07 Å². The number of aliphatic hydroxyl groups excluding tert-OH is 2. The van der Waals surface area contributed by atoms with Gasteiger partial charge in [-0.25, -0.2) is 0 Å². The van der Waals surface area contributed by atoms with Gasteiger partial charge in [-0.15, -0.1) is 0 Å². The minimum Gasteiger partial charge on any atom is -0.494 e. The van der Waals surface area contributed by atoms with Crippen LogP contribution in [0.25, 0.3) is 0 Å². The summed E-state index contributed by atoms with van der Waals surface area (Å²) in [6.07, 6.45) is 2.62. The second-order valence-corrected chi connectivity index (χ2v) is 10.2. The van der Waals surface area contributed by atoms with Crippen molar-refractivity contribution in [2.45, 2.75) is 68.2 Å². The summed E-state index contributed by atoms with van der Waals surface area (Å²) in [6, 6.07) is 4.32. The van der Waals surface area contributed by atoms with Gasteiger partial charge in [0.2, 0.25) is 5.91 Å². The van der Waals surface area contributed by atoms with Crippen molar-refractivity contribution >= 4 is 11.6 Å². The minimum absolute atomic E-state index is 0.00971. The lowest BCUT2D eigenvalue weighted by Crippen LogP contribution is -2.64. The third kappa shape index (κ3) is 3.17. The van der Waals surface area contributed by atoms with Crippen molar-refractivity contribution < 1.29 is 24.5 Å². The van der Waals surface area contributed by atoms with Gasteiger partial charge < -0.3 is 30.3 Å². The Kier molecular flexibility index (Phi) is 5.39. The Morgan fingerprint density at radius 1 is 1.36 bits per heavy atom. The number of methoxy groups -OCH3 is 1. The normalized spacial score (nSPS) is 39.8. The predicted molar refractivity (Wildman–Crippen MR) is 121 cm³/mol. The van der Waals surface area contributed by atoms with Crippen LogP contribution in [0.5, 0.6) is 5.75 Å². The Labute approximate surface area is 194 Å². The fraction of sp³-hybridized carbons (Fsp3) is 0.708. The Hall–Kier alpha value is -1.75. The fourth-order valence-electron chi connectivity index (χ4n) is 7.24. The van der Waals surface area contributed by atoms with E-state index >= 15 is 0 Å². The standard InChI is InChI=1S/C24H34N4O5/c1-27-16-9-13(10-29)21(27)15-8-12-5-6-14(26-23(31)20-18(30)4-3-7-25-20)22(32-2)19(12)17-11-33-24(16)28(15)17/h5-6,13,15-18,20-21,24-25,29-30H,3-4,7-11H2,1-2H3,(H,26,31). The molecule has 5 aliphatic rings. The number of hydrogen-bond donors (Lipinski definition) is 4. The molecule has 1 aromatic rings. The summed E-state index contributed by atoms with van der Waals surface area (Å²) in [5.74, 6) is 0.707. The summed E-state index contributed by atoms with van der Waals surface area (Å²) >= 11 is 0. The molecule has 8 atom stereocenters. The summed E-state index contributed by atoms with van der Waals surface area (Å²) < 4.78 is 12.3. The van der Waals surface area contributed by atoms with E-state index in [-0.39, 0.29) is 42.8 Å². The summed E-state index contributed by atoms with van der Waals surface area (Å²) in [5.41, 5.74) is 2.94. The maximum absolute atomic E-state index is 12.9. The first-order valence-electron chi connectivity index (χ1n) is 12.2. The molecule has 0 radical (unpaired) electrons. The Morgan fingerprint density at radius 3 is 2.97 bits per heavy atom. The van der Waals surface area contributed by atoms with Gasteiger partial charge >= 0.3 is 0 Å². The first-order chi connectivity index (χ1) is 16.0. The van der Waals surface area contributed by atoms with Crippen molar-refractivity contribution in [3.8, 4) is 5.75 Å². The molecule has 4 N–H and O–H groups in total. The van der Waals surface area contributed by atoms with E-state index in [0.717, 1.165) is 31.4 Å². The highest BCUT2D eigenvalue weighted by Crippen LogP contribution is 2.53. The fourth-order valence-corrected chi connectivity index (χ4v) is 7.24. The van der Waals surface area contributed by atoms with E-state index in [1.165, 1.54) is 5.56 Å². The number of nitrogens with one attached hydrogen (secondary N) is 2. The van der Waals surface area contributed by atoms with Crippen LogP contribution in [-0.2, 0) is 16.0 Å². The first kappa shape index (κ1) is 21.8. The maximum Gasteiger partial charge on any atom is 0.244 e. The van der Waals surface area contributed by atoms with Crippen molar-refractivity contribution in [2.75, 3.05) is 39.2 Å². The molecule has 6 rings (SSSR count). The Bertz CT molecular complexity index is 944. The van der Waals surface area contributed by atoms with Gasteiger partial charge in [-0.05, 0) is 50.9 Å². The van der Waals surface area contributed by atoms with E-state index in [2.05, 4.69) is 33.5 Å². The molecular weight excluding hydrogens is 424 g/mol. The molecule has 4 saturated heterocycles. The number of likely N-dealkylation sites (N-methyl/N-ethyl adjacent to an activating group) is 1. The molecule has 1 aromatic carbocycles. The van der Waals surface area contributed by atoms with Crippen LogP contribution in [0, 0.1) is 5.92 Å². The number of rotatable bonds is 4. The minimum atomic E-state index is -0.688. The van der Waals surface area contributed by atoms with Crippen molar-refractivity contribution in [3.05, 3.63) is 23.3 Å². The zero-order chi connectivity index (χ0) is 22.9. The molecule has 9 nitrogen and oxygen atoms in total. The largest absolute Gasteiger partial charge is 0.494 e. The number of amides is 1. The highest BCUT2D eigenvalue weighted by atomic mass is 16.5. The summed E-state index contributed by atoms with van der Waals surface area (Å²) in [5, 5.41) is 26.5. The Balaban J connectivity index is 1.34. The van der Waals surface area contributed by atoms with Gasteiger partial charge in [-0.2, -0.15) is 0 Å². The molecule has 9 heteroatoms. The van der Waals surface area contributed by atoms with Crippen molar-refractivity contribution in [1.82, 2.24) is 15.1 Å². The molecule has 0 saturated carbocycles. The number of ether oxygens (including phenoxy) is 2. The van der Waals surface area contributed by atoms with E-state index in [1.54, 1.807) is 7.11 Å². The lowest BCUT2D eigenvalue weighted by molar-refractivity contribution is -0.121.